The molecule has 4 aromatic rings. The molecule has 2 aliphatic rings. The van der Waals surface area contributed by atoms with Crippen LogP contribution in [-0.4, -0.2) is 59.3 Å². The number of nitrogens with one attached hydrogen (secondary N) is 1. The third-order valence-electron chi connectivity index (χ3n) is 7.91. The Morgan fingerprint density at radius 1 is 0.935 bits per heavy atom. The molecule has 0 saturated carbocycles. The second-order valence-electron chi connectivity index (χ2n) is 11.0. The van der Waals surface area contributed by atoms with Crippen LogP contribution in [0.15, 0.2) is 82.6 Å². The summed E-state index contributed by atoms with van der Waals surface area (Å²) in [5.41, 5.74) is 2.79. The number of benzene rings is 3. The number of thiazole rings is 1. The zero-order valence-corrected chi connectivity index (χ0v) is 26.8. The van der Waals surface area contributed by atoms with Crippen LogP contribution in [0.25, 0.3) is 0 Å². The van der Waals surface area contributed by atoms with E-state index >= 15 is 0 Å². The van der Waals surface area contributed by atoms with Gasteiger partial charge in [0, 0.05) is 36.3 Å². The first kappa shape index (κ1) is 31.1. The van der Waals surface area contributed by atoms with E-state index in [-0.39, 0.29) is 23.8 Å². The van der Waals surface area contributed by atoms with Gasteiger partial charge in [0.25, 0.3) is 0 Å². The summed E-state index contributed by atoms with van der Waals surface area (Å²) in [5, 5.41) is 11.9. The van der Waals surface area contributed by atoms with Crippen LogP contribution in [0.3, 0.4) is 0 Å². The van der Waals surface area contributed by atoms with E-state index in [9.17, 15) is 29.1 Å². The Hall–Kier alpha value is -4.88. The van der Waals surface area contributed by atoms with Gasteiger partial charge in [-0.3, -0.25) is 23.7 Å². The fraction of sp³-hybridized carbons (Fsp3) is 0.242. The van der Waals surface area contributed by atoms with Crippen molar-refractivity contribution in [3.8, 4) is 5.75 Å². The van der Waals surface area contributed by atoms with Gasteiger partial charge in [0.05, 0.1) is 28.8 Å². The Morgan fingerprint density at radius 2 is 1.61 bits per heavy atom. The number of rotatable bonds is 8. The number of carbonyl (C=O) groups is 4. The predicted molar refractivity (Wildman–Crippen MR) is 176 cm³/mol. The molecule has 3 atom stereocenters. The van der Waals surface area contributed by atoms with Gasteiger partial charge in [0.1, 0.15) is 17.5 Å². The molecule has 46 heavy (non-hydrogen) atoms. The normalized spacial score (nSPS) is 18.6. The van der Waals surface area contributed by atoms with Gasteiger partial charge >= 0.3 is 10.8 Å². The van der Waals surface area contributed by atoms with Crippen molar-refractivity contribution in [3.05, 3.63) is 98.5 Å². The Kier molecular flexibility index (Phi) is 8.45. The van der Waals surface area contributed by atoms with E-state index in [1.54, 1.807) is 31.2 Å². The molecule has 0 radical (unpaired) electrons. The highest BCUT2D eigenvalue weighted by Crippen LogP contribution is 2.54. The van der Waals surface area contributed by atoms with E-state index in [1.807, 2.05) is 43.3 Å². The maximum Gasteiger partial charge on any atom is 0.338 e. The van der Waals surface area contributed by atoms with Gasteiger partial charge in [-0.1, -0.05) is 35.2 Å². The number of anilines is 3. The summed E-state index contributed by atoms with van der Waals surface area (Å²) in [6.07, 6.45) is 0. The number of hydrogen-bond acceptors (Lipinski definition) is 10. The summed E-state index contributed by atoms with van der Waals surface area (Å²) in [7, 11) is 3.83. The molecular formula is C33H30N4O7S2. The van der Waals surface area contributed by atoms with Crippen molar-refractivity contribution in [1.82, 2.24) is 4.57 Å². The maximum atomic E-state index is 14.2. The molecule has 6 rings (SSSR count). The standard InChI is InChI=1S/C33H30N4O7S2/c1-4-44-32(42)19-7-13-22(14-8-19)37-29(40)26-25(18-5-11-21(12-6-18)35(2)3)28-31(45-27(26)30(37)41)36(33(43)46-28)17-24(39)34-20-9-15-23(38)16-10-20/h5-16,25-27,38H,4,17H2,1-3H3,(H,34,39). The number of ether oxygens (including phenoxy) is 1. The number of aromatic nitrogens is 1. The number of imide groups is 1. The van der Waals surface area contributed by atoms with Gasteiger partial charge < -0.3 is 20.1 Å². The van der Waals surface area contributed by atoms with Crippen LogP contribution in [0.1, 0.15) is 33.6 Å². The minimum atomic E-state index is -0.858. The Balaban J connectivity index is 1.38. The number of phenols is 1. The molecule has 2 aliphatic heterocycles. The third kappa shape index (κ3) is 5.67. The Bertz CT molecular complexity index is 1880. The van der Waals surface area contributed by atoms with E-state index in [0.29, 0.717) is 26.8 Å². The fourth-order valence-electron chi connectivity index (χ4n) is 5.70. The average molecular weight is 659 g/mol. The van der Waals surface area contributed by atoms with Crippen LogP contribution in [0, 0.1) is 5.92 Å². The molecule has 0 aliphatic carbocycles. The summed E-state index contributed by atoms with van der Waals surface area (Å²) < 4.78 is 6.41. The maximum absolute atomic E-state index is 14.2. The van der Waals surface area contributed by atoms with Gasteiger partial charge in [-0.05, 0) is 73.2 Å². The highest BCUT2D eigenvalue weighted by Gasteiger charge is 2.56. The van der Waals surface area contributed by atoms with Crippen molar-refractivity contribution in [1.29, 1.82) is 0 Å². The van der Waals surface area contributed by atoms with Crippen LogP contribution in [0.4, 0.5) is 17.1 Å². The summed E-state index contributed by atoms with van der Waals surface area (Å²) in [6, 6.07) is 19.7. The van der Waals surface area contributed by atoms with Crippen LogP contribution in [-0.2, 0) is 25.7 Å². The molecule has 11 nitrogen and oxygen atoms in total. The van der Waals surface area contributed by atoms with Crippen LogP contribution in [0.2, 0.25) is 0 Å². The highest BCUT2D eigenvalue weighted by molar-refractivity contribution is 8.00. The number of nitrogens with zero attached hydrogens (tertiary/aromatic N) is 3. The van der Waals surface area contributed by atoms with E-state index in [4.69, 9.17) is 4.74 Å². The molecule has 0 bridgehead atoms. The van der Waals surface area contributed by atoms with Crippen molar-refractivity contribution in [2.24, 2.45) is 5.92 Å². The van der Waals surface area contributed by atoms with Gasteiger partial charge in [-0.2, -0.15) is 0 Å². The largest absolute Gasteiger partial charge is 0.508 e. The lowest BCUT2D eigenvalue weighted by atomic mass is 9.83. The second kappa shape index (κ2) is 12.5. The lowest BCUT2D eigenvalue weighted by Gasteiger charge is -2.31. The van der Waals surface area contributed by atoms with Crippen LogP contribution in [0.5, 0.6) is 5.75 Å². The monoisotopic (exact) mass is 658 g/mol. The number of amides is 3. The lowest BCUT2D eigenvalue weighted by molar-refractivity contribution is -0.122. The number of aromatic hydroxyl groups is 1. The molecule has 3 unspecified atom stereocenters. The average Bonchev–Trinajstić information content (AvgIpc) is 3.48. The number of fused-ring (bicyclic) bond motifs is 2. The number of hydrogen-bond donors (Lipinski definition) is 2. The first-order chi connectivity index (χ1) is 22.1. The Morgan fingerprint density at radius 3 is 2.24 bits per heavy atom. The summed E-state index contributed by atoms with van der Waals surface area (Å²) >= 11 is 2.09. The SMILES string of the molecule is CCOC(=O)c1ccc(N2C(=O)C3Sc4c(sc(=O)n4CC(=O)Nc4ccc(O)cc4)C(c4ccc(N(C)C)cc4)C3C2=O)cc1. The first-order valence-electron chi connectivity index (χ1n) is 14.5. The summed E-state index contributed by atoms with van der Waals surface area (Å²) in [5.74, 6) is -3.18. The molecule has 3 aromatic carbocycles. The zero-order chi connectivity index (χ0) is 32.7. The van der Waals surface area contributed by atoms with Gasteiger partial charge in [-0.25, -0.2) is 9.69 Å². The topological polar surface area (TPSA) is 138 Å². The predicted octanol–water partition coefficient (Wildman–Crippen LogP) is 4.29. The van der Waals surface area contributed by atoms with Gasteiger partial charge in [0.15, 0.2) is 0 Å². The number of thioether (sulfide) groups is 1. The molecule has 3 amide bonds. The molecule has 2 N–H and O–H groups in total. The summed E-state index contributed by atoms with van der Waals surface area (Å²) in [6.45, 7) is 1.62. The highest BCUT2D eigenvalue weighted by atomic mass is 32.2. The molecule has 236 valence electrons. The van der Waals surface area contributed by atoms with Gasteiger partial charge in [0.2, 0.25) is 17.7 Å². The van der Waals surface area contributed by atoms with Crippen molar-refractivity contribution in [3.63, 3.8) is 0 Å². The van der Waals surface area contributed by atoms with Crippen LogP contribution < -0.4 is 20.0 Å². The molecule has 1 aromatic heterocycles. The van der Waals surface area contributed by atoms with E-state index in [1.165, 1.54) is 28.8 Å². The van der Waals surface area contributed by atoms with E-state index < -0.39 is 40.8 Å². The molecule has 0 spiro atoms. The quantitative estimate of drug-likeness (QED) is 0.161. The van der Waals surface area contributed by atoms with Crippen molar-refractivity contribution < 1.29 is 29.0 Å². The first-order valence-corrected chi connectivity index (χ1v) is 16.2. The number of esters is 1. The van der Waals surface area contributed by atoms with Crippen molar-refractivity contribution >= 4 is 63.9 Å². The van der Waals surface area contributed by atoms with Crippen LogP contribution >= 0.6 is 23.1 Å². The van der Waals surface area contributed by atoms with Crippen molar-refractivity contribution in [2.75, 3.05) is 35.8 Å². The minimum absolute atomic E-state index is 0.0523. The number of phenolic OH excluding ortho intramolecular Hbond substituents is 1. The third-order valence-corrected chi connectivity index (χ3v) is 10.5. The zero-order valence-electron chi connectivity index (χ0n) is 25.1. The molecule has 3 heterocycles. The van der Waals surface area contributed by atoms with E-state index in [2.05, 4.69) is 5.32 Å². The second-order valence-corrected chi connectivity index (χ2v) is 13.1. The number of carbonyl (C=O) groups excluding carboxylic acids is 4. The minimum Gasteiger partial charge on any atom is -0.508 e. The Labute approximate surface area is 272 Å². The van der Waals surface area contributed by atoms with E-state index in [0.717, 1.165) is 39.2 Å². The smallest absolute Gasteiger partial charge is 0.338 e. The molecular weight excluding hydrogens is 629 g/mol. The summed E-state index contributed by atoms with van der Waals surface area (Å²) in [4.78, 5) is 70.1. The lowest BCUT2D eigenvalue weighted by Crippen LogP contribution is -2.33. The van der Waals surface area contributed by atoms with Gasteiger partial charge in [-0.15, -0.1) is 0 Å². The molecule has 1 saturated heterocycles. The fourth-order valence-corrected chi connectivity index (χ4v) is 8.47. The molecule has 1 fully saturated rings. The van der Waals surface area contributed by atoms with Crippen molar-refractivity contribution in [2.45, 2.75) is 29.7 Å². The molecule has 13 heteroatoms.